The molecular weight excluding hydrogens is 214 g/mol. The van der Waals surface area contributed by atoms with Gasteiger partial charge in [-0.25, -0.2) is 0 Å². The number of likely N-dealkylation sites (N-methyl/N-ethyl adjacent to an activating group) is 1. The van der Waals surface area contributed by atoms with Crippen LogP contribution < -0.4 is 5.32 Å². The molecule has 0 bridgehead atoms. The number of carbonyl (C=O) groups is 1. The van der Waals surface area contributed by atoms with E-state index in [1.54, 1.807) is 0 Å². The van der Waals surface area contributed by atoms with Crippen molar-refractivity contribution in [2.75, 3.05) is 46.3 Å². The van der Waals surface area contributed by atoms with E-state index in [-0.39, 0.29) is 6.04 Å². The first-order chi connectivity index (χ1) is 8.25. The smallest absolute Gasteiger partial charge is 0.163 e. The molecule has 0 saturated carbocycles. The first-order valence-corrected chi connectivity index (χ1v) is 6.93. The van der Waals surface area contributed by atoms with Gasteiger partial charge in [-0.05, 0) is 26.4 Å². The second-order valence-corrected chi connectivity index (χ2v) is 5.40. The number of rotatable bonds is 3. The average molecular weight is 239 g/mol. The lowest BCUT2D eigenvalue weighted by Crippen LogP contribution is -2.49. The Morgan fingerprint density at radius 2 is 1.94 bits per heavy atom. The van der Waals surface area contributed by atoms with Crippen LogP contribution in [-0.2, 0) is 4.79 Å². The monoisotopic (exact) mass is 239 g/mol. The van der Waals surface area contributed by atoms with E-state index in [9.17, 15) is 4.79 Å². The lowest BCUT2D eigenvalue weighted by Gasteiger charge is -2.32. The van der Waals surface area contributed by atoms with Crippen LogP contribution in [0, 0.1) is 0 Å². The van der Waals surface area contributed by atoms with Gasteiger partial charge in [-0.3, -0.25) is 9.69 Å². The van der Waals surface area contributed by atoms with E-state index in [1.165, 1.54) is 19.3 Å². The van der Waals surface area contributed by atoms with E-state index in [4.69, 9.17) is 0 Å². The molecule has 2 fully saturated rings. The van der Waals surface area contributed by atoms with Gasteiger partial charge in [0.25, 0.3) is 0 Å². The van der Waals surface area contributed by atoms with Crippen molar-refractivity contribution in [3.8, 4) is 0 Å². The fraction of sp³-hybridized carbons (Fsp3) is 0.923. The summed E-state index contributed by atoms with van der Waals surface area (Å²) < 4.78 is 0. The lowest BCUT2D eigenvalue weighted by molar-refractivity contribution is -0.122. The number of nitrogens with one attached hydrogen (secondary N) is 1. The molecule has 0 aliphatic carbocycles. The molecule has 0 amide bonds. The van der Waals surface area contributed by atoms with Crippen LogP contribution in [0.4, 0.5) is 0 Å². The maximum atomic E-state index is 12.2. The number of ketones is 1. The van der Waals surface area contributed by atoms with Crippen LogP contribution in [-0.4, -0.2) is 67.9 Å². The molecule has 1 N–H and O–H groups in total. The van der Waals surface area contributed by atoms with Gasteiger partial charge in [0.15, 0.2) is 5.78 Å². The molecule has 1 unspecified atom stereocenters. The number of hydrogen-bond donors (Lipinski definition) is 1. The molecular formula is C13H25N3O. The van der Waals surface area contributed by atoms with Crippen LogP contribution in [0.2, 0.25) is 0 Å². The molecule has 2 rings (SSSR count). The SMILES string of the molecule is CN1CCN(CC(=O)C2CCCCCN2)CC1. The van der Waals surface area contributed by atoms with E-state index in [0.29, 0.717) is 12.3 Å². The average Bonchev–Trinajstić information content (AvgIpc) is 2.61. The Kier molecular flexibility index (Phi) is 4.95. The molecule has 2 aliphatic heterocycles. The molecule has 1 atom stereocenters. The summed E-state index contributed by atoms with van der Waals surface area (Å²) in [5.74, 6) is 0.399. The van der Waals surface area contributed by atoms with Crippen molar-refractivity contribution in [3.63, 3.8) is 0 Å². The molecule has 4 nitrogen and oxygen atoms in total. The van der Waals surface area contributed by atoms with E-state index >= 15 is 0 Å². The highest BCUT2D eigenvalue weighted by Gasteiger charge is 2.23. The number of Topliss-reactive ketones (excluding diaryl/α,β-unsaturated/α-hetero) is 1. The Bertz CT molecular complexity index is 241. The van der Waals surface area contributed by atoms with Crippen molar-refractivity contribution in [2.24, 2.45) is 0 Å². The molecule has 0 radical (unpaired) electrons. The van der Waals surface area contributed by atoms with Gasteiger partial charge in [0.05, 0.1) is 12.6 Å². The molecule has 4 heteroatoms. The molecule has 2 heterocycles. The maximum Gasteiger partial charge on any atom is 0.163 e. The van der Waals surface area contributed by atoms with Crippen LogP contribution in [0.25, 0.3) is 0 Å². The summed E-state index contributed by atoms with van der Waals surface area (Å²) in [6, 6.07) is 0.122. The second-order valence-electron chi connectivity index (χ2n) is 5.40. The quantitative estimate of drug-likeness (QED) is 0.770. The van der Waals surface area contributed by atoms with E-state index in [2.05, 4.69) is 22.2 Å². The second kappa shape index (κ2) is 6.47. The first-order valence-electron chi connectivity index (χ1n) is 6.93. The minimum absolute atomic E-state index is 0.122. The maximum absolute atomic E-state index is 12.2. The minimum Gasteiger partial charge on any atom is -0.307 e. The van der Waals surface area contributed by atoms with Gasteiger partial charge < -0.3 is 10.2 Å². The summed E-state index contributed by atoms with van der Waals surface area (Å²) in [6.45, 7) is 5.91. The number of nitrogens with zero attached hydrogens (tertiary/aromatic N) is 2. The zero-order valence-electron chi connectivity index (χ0n) is 11.0. The highest BCUT2D eigenvalue weighted by Crippen LogP contribution is 2.10. The summed E-state index contributed by atoms with van der Waals surface area (Å²) in [5, 5.41) is 3.39. The van der Waals surface area contributed by atoms with Crippen LogP contribution >= 0.6 is 0 Å². The Morgan fingerprint density at radius 1 is 1.18 bits per heavy atom. The van der Waals surface area contributed by atoms with Crippen LogP contribution in [0.5, 0.6) is 0 Å². The molecule has 0 aromatic rings. The minimum atomic E-state index is 0.122. The highest BCUT2D eigenvalue weighted by molar-refractivity contribution is 5.85. The zero-order chi connectivity index (χ0) is 12.1. The van der Waals surface area contributed by atoms with E-state index in [0.717, 1.165) is 39.1 Å². The van der Waals surface area contributed by atoms with Gasteiger partial charge >= 0.3 is 0 Å². The van der Waals surface area contributed by atoms with Crippen LogP contribution in [0.15, 0.2) is 0 Å². The third kappa shape index (κ3) is 4.05. The van der Waals surface area contributed by atoms with E-state index in [1.807, 2.05) is 0 Å². The Labute approximate surface area is 104 Å². The topological polar surface area (TPSA) is 35.6 Å². The van der Waals surface area contributed by atoms with Crippen molar-refractivity contribution < 1.29 is 4.79 Å². The van der Waals surface area contributed by atoms with Crippen molar-refractivity contribution >= 4 is 5.78 Å². The third-order valence-electron chi connectivity index (χ3n) is 3.92. The first kappa shape index (κ1) is 13.0. The Balaban J connectivity index is 1.75. The largest absolute Gasteiger partial charge is 0.307 e. The van der Waals surface area contributed by atoms with Gasteiger partial charge in [-0.15, -0.1) is 0 Å². The van der Waals surface area contributed by atoms with Crippen molar-refractivity contribution in [3.05, 3.63) is 0 Å². The van der Waals surface area contributed by atoms with Crippen molar-refractivity contribution in [1.29, 1.82) is 0 Å². The summed E-state index contributed by atoms with van der Waals surface area (Å²) in [6.07, 6.45) is 4.72. The molecule has 17 heavy (non-hydrogen) atoms. The predicted octanol–water partition coefficient (Wildman–Crippen LogP) is 0.335. The molecule has 0 spiro atoms. The van der Waals surface area contributed by atoms with Gasteiger partial charge in [0, 0.05) is 26.2 Å². The zero-order valence-corrected chi connectivity index (χ0v) is 11.0. The fourth-order valence-corrected chi connectivity index (χ4v) is 2.64. The van der Waals surface area contributed by atoms with Gasteiger partial charge in [-0.1, -0.05) is 12.8 Å². The number of piperazine rings is 1. The third-order valence-corrected chi connectivity index (χ3v) is 3.92. The lowest BCUT2D eigenvalue weighted by atomic mass is 10.1. The predicted molar refractivity (Wildman–Crippen MR) is 69.2 cm³/mol. The number of hydrogen-bond acceptors (Lipinski definition) is 4. The van der Waals surface area contributed by atoms with Gasteiger partial charge in [0.1, 0.15) is 0 Å². The molecule has 98 valence electrons. The fourth-order valence-electron chi connectivity index (χ4n) is 2.64. The molecule has 0 aromatic carbocycles. The summed E-state index contributed by atoms with van der Waals surface area (Å²) in [7, 11) is 2.14. The van der Waals surface area contributed by atoms with Crippen molar-refractivity contribution in [2.45, 2.75) is 31.7 Å². The molecule has 2 aliphatic rings. The molecule has 2 saturated heterocycles. The highest BCUT2D eigenvalue weighted by atomic mass is 16.1. The number of carbonyl (C=O) groups excluding carboxylic acids is 1. The summed E-state index contributed by atoms with van der Waals surface area (Å²) in [4.78, 5) is 16.8. The molecule has 0 aromatic heterocycles. The van der Waals surface area contributed by atoms with Gasteiger partial charge in [-0.2, -0.15) is 0 Å². The van der Waals surface area contributed by atoms with Crippen LogP contribution in [0.1, 0.15) is 25.7 Å². The van der Waals surface area contributed by atoms with Crippen LogP contribution in [0.3, 0.4) is 0 Å². The Hall–Kier alpha value is -0.450. The summed E-state index contributed by atoms with van der Waals surface area (Å²) >= 11 is 0. The Morgan fingerprint density at radius 3 is 2.71 bits per heavy atom. The van der Waals surface area contributed by atoms with Gasteiger partial charge in [0.2, 0.25) is 0 Å². The van der Waals surface area contributed by atoms with Crippen molar-refractivity contribution in [1.82, 2.24) is 15.1 Å². The summed E-state index contributed by atoms with van der Waals surface area (Å²) in [5.41, 5.74) is 0. The van der Waals surface area contributed by atoms with E-state index < -0.39 is 0 Å². The standard InChI is InChI=1S/C13H25N3O/c1-15-7-9-16(10-8-15)11-13(17)12-5-3-2-4-6-14-12/h12,14H,2-11H2,1H3. The normalized spacial score (nSPS) is 28.9.